The quantitative estimate of drug-likeness (QED) is 0.200. The van der Waals surface area contributed by atoms with Crippen molar-refractivity contribution in [3.8, 4) is 0 Å². The monoisotopic (exact) mass is 477 g/mol. The maximum atomic E-state index is 12.2. The lowest BCUT2D eigenvalue weighted by atomic mass is 9.97. The smallest absolute Gasteiger partial charge is 0.339 e. The van der Waals surface area contributed by atoms with Crippen LogP contribution in [0.2, 0.25) is 0 Å². The van der Waals surface area contributed by atoms with Gasteiger partial charge < -0.3 is 28.4 Å². The summed E-state index contributed by atoms with van der Waals surface area (Å²) in [6, 6.07) is 0. The van der Waals surface area contributed by atoms with Crippen LogP contribution in [-0.2, 0) is 47.6 Å². The number of methoxy groups -OCH3 is 1. The van der Waals surface area contributed by atoms with Gasteiger partial charge in [-0.05, 0) is 0 Å². The highest BCUT2D eigenvalue weighted by molar-refractivity contribution is 6.76. The Morgan fingerprint density at radius 1 is 0.828 bits per heavy atom. The number of hydrogen-bond donors (Lipinski definition) is 1. The zero-order valence-electron chi connectivity index (χ0n) is 15.6. The first-order valence-corrected chi connectivity index (χ1v) is 8.98. The second-order valence-electron chi connectivity index (χ2n) is 5.62. The fraction of sp³-hybridized carbons (Fsp3) is 0.667. The Morgan fingerprint density at radius 2 is 1.28 bits per heavy atom. The molecular formula is C15H18Cl3NO10. The Balaban J connectivity index is 3.44. The molecule has 29 heavy (non-hydrogen) atoms. The average molecular weight is 479 g/mol. The molecule has 0 amide bonds. The van der Waals surface area contributed by atoms with Crippen molar-refractivity contribution < 1.29 is 47.6 Å². The van der Waals surface area contributed by atoms with Crippen LogP contribution in [-0.4, -0.2) is 71.4 Å². The maximum absolute atomic E-state index is 12.2. The van der Waals surface area contributed by atoms with Crippen LogP contribution in [0.5, 0.6) is 0 Å². The summed E-state index contributed by atoms with van der Waals surface area (Å²) < 4.78 is 28.0. The normalized spacial score (nSPS) is 26.7. The molecule has 5 atom stereocenters. The summed E-state index contributed by atoms with van der Waals surface area (Å²) in [4.78, 5) is 46.9. The molecule has 1 aliphatic heterocycles. The van der Waals surface area contributed by atoms with Gasteiger partial charge in [0.25, 0.3) is 3.79 Å². The molecule has 1 heterocycles. The molecule has 1 fully saturated rings. The summed E-state index contributed by atoms with van der Waals surface area (Å²) in [5.74, 6) is -4.59. The zero-order valence-corrected chi connectivity index (χ0v) is 17.9. The van der Waals surface area contributed by atoms with Crippen molar-refractivity contribution in [3.05, 3.63) is 0 Å². The van der Waals surface area contributed by atoms with Crippen molar-refractivity contribution in [1.29, 1.82) is 5.41 Å². The summed E-state index contributed by atoms with van der Waals surface area (Å²) in [6.45, 7) is 3.08. The molecule has 14 heteroatoms. The molecule has 0 saturated carbocycles. The molecule has 0 aromatic carbocycles. The van der Waals surface area contributed by atoms with E-state index in [9.17, 15) is 19.2 Å². The number of hydrogen-bond acceptors (Lipinski definition) is 11. The van der Waals surface area contributed by atoms with Gasteiger partial charge in [-0.25, -0.2) is 4.79 Å². The van der Waals surface area contributed by atoms with E-state index in [2.05, 4.69) is 4.74 Å². The number of halogens is 3. The highest BCUT2D eigenvalue weighted by Crippen LogP contribution is 2.33. The minimum atomic E-state index is -2.32. The van der Waals surface area contributed by atoms with Gasteiger partial charge in [-0.2, -0.15) is 0 Å². The molecule has 0 aliphatic carbocycles. The van der Waals surface area contributed by atoms with Crippen molar-refractivity contribution in [1.82, 2.24) is 0 Å². The summed E-state index contributed by atoms with van der Waals surface area (Å²) in [6.07, 6.45) is -8.20. The number of rotatable bonds is 5. The van der Waals surface area contributed by atoms with Crippen LogP contribution in [0.4, 0.5) is 0 Å². The summed E-state index contributed by atoms with van der Waals surface area (Å²) in [5, 5.41) is 7.69. The van der Waals surface area contributed by atoms with Crippen LogP contribution in [0.1, 0.15) is 20.8 Å². The minimum absolute atomic E-state index is 0.861. The number of carbonyl (C=O) groups is 4. The molecule has 11 nitrogen and oxygen atoms in total. The van der Waals surface area contributed by atoms with Gasteiger partial charge in [0.1, 0.15) is 0 Å². The van der Waals surface area contributed by atoms with E-state index in [0.29, 0.717) is 0 Å². The minimum Gasteiger partial charge on any atom is -0.467 e. The molecule has 0 aromatic heterocycles. The molecule has 1 aliphatic rings. The summed E-state index contributed by atoms with van der Waals surface area (Å²) in [7, 11) is 1.02. The molecule has 0 bridgehead atoms. The molecule has 0 radical (unpaired) electrons. The lowest BCUT2D eigenvalue weighted by Crippen LogP contribution is -2.64. The van der Waals surface area contributed by atoms with Gasteiger partial charge in [0.15, 0.2) is 18.3 Å². The predicted octanol–water partition coefficient (Wildman–Crippen LogP) is 1.04. The fourth-order valence-electron chi connectivity index (χ4n) is 2.36. The Labute approximate surface area is 180 Å². The topological polar surface area (TPSA) is 148 Å². The number of ether oxygens (including phenoxy) is 6. The molecule has 0 unspecified atom stereocenters. The van der Waals surface area contributed by atoms with E-state index < -0.39 is 64.3 Å². The average Bonchev–Trinajstić information content (AvgIpc) is 2.56. The van der Waals surface area contributed by atoms with Crippen molar-refractivity contribution in [2.24, 2.45) is 0 Å². The van der Waals surface area contributed by atoms with E-state index in [1.165, 1.54) is 0 Å². The fourth-order valence-corrected chi connectivity index (χ4v) is 2.49. The van der Waals surface area contributed by atoms with E-state index >= 15 is 0 Å². The van der Waals surface area contributed by atoms with Gasteiger partial charge in [-0.1, -0.05) is 34.8 Å². The highest BCUT2D eigenvalue weighted by atomic mass is 35.6. The molecule has 0 spiro atoms. The van der Waals surface area contributed by atoms with Gasteiger partial charge >= 0.3 is 23.9 Å². The number of alkyl halides is 3. The second-order valence-corrected chi connectivity index (χ2v) is 7.90. The lowest BCUT2D eigenvalue weighted by Gasteiger charge is -2.43. The van der Waals surface area contributed by atoms with Crippen LogP contribution in [0, 0.1) is 5.41 Å². The van der Waals surface area contributed by atoms with Gasteiger partial charge in [-0.15, -0.1) is 0 Å². The summed E-state index contributed by atoms with van der Waals surface area (Å²) in [5.41, 5.74) is 0. The molecular weight excluding hydrogens is 461 g/mol. The van der Waals surface area contributed by atoms with E-state index in [4.69, 9.17) is 63.9 Å². The Bertz CT molecular complexity index is 680. The van der Waals surface area contributed by atoms with Gasteiger partial charge in [0.05, 0.1) is 7.11 Å². The van der Waals surface area contributed by atoms with Crippen LogP contribution < -0.4 is 0 Å². The predicted molar refractivity (Wildman–Crippen MR) is 96.4 cm³/mol. The second kappa shape index (κ2) is 10.3. The van der Waals surface area contributed by atoms with Crippen LogP contribution >= 0.6 is 34.8 Å². The lowest BCUT2D eigenvalue weighted by molar-refractivity contribution is -0.285. The zero-order chi connectivity index (χ0) is 22.5. The third-order valence-electron chi connectivity index (χ3n) is 3.33. The first kappa shape index (κ1) is 25.2. The SMILES string of the molecule is COC(=O)[C@H]1O[C@H](OC(=N)C(Cl)(Cl)Cl)[C@H](OC(C)=O)[C@@H](OC(C)=O)[C@H]1OC(C)=O. The van der Waals surface area contributed by atoms with Crippen LogP contribution in [0.15, 0.2) is 0 Å². The third kappa shape index (κ3) is 7.18. The Kier molecular flexibility index (Phi) is 8.94. The number of nitrogens with one attached hydrogen (secondary N) is 1. The first-order valence-electron chi connectivity index (χ1n) is 7.85. The van der Waals surface area contributed by atoms with Crippen LogP contribution in [0.25, 0.3) is 0 Å². The summed E-state index contributed by atoms with van der Waals surface area (Å²) >= 11 is 16.7. The van der Waals surface area contributed by atoms with Crippen LogP contribution in [0.3, 0.4) is 0 Å². The van der Waals surface area contributed by atoms with E-state index in [1.54, 1.807) is 0 Å². The number of carbonyl (C=O) groups excluding carboxylic acids is 4. The van der Waals surface area contributed by atoms with Gasteiger partial charge in [-0.3, -0.25) is 19.8 Å². The standard InChI is InChI=1S/C15H18Cl3NO10/c1-5(20)25-8-9(26-6(2)21)11(27-7(3)22)13(28-10(8)12(23)24-4)29-14(19)15(16,17)18/h8-11,13,19H,1-4H3/t8-,9+,10+,11-,13-/m1/s1. The van der Waals surface area contributed by atoms with E-state index in [-0.39, 0.29) is 0 Å². The van der Waals surface area contributed by atoms with Crippen molar-refractivity contribution in [2.45, 2.75) is 55.3 Å². The Morgan fingerprint density at radius 3 is 1.69 bits per heavy atom. The number of esters is 4. The van der Waals surface area contributed by atoms with Crippen molar-refractivity contribution >= 4 is 64.6 Å². The molecule has 164 valence electrons. The van der Waals surface area contributed by atoms with Crippen molar-refractivity contribution in [3.63, 3.8) is 0 Å². The molecule has 1 saturated heterocycles. The molecule has 1 rings (SSSR count). The highest BCUT2D eigenvalue weighted by Gasteiger charge is 2.56. The van der Waals surface area contributed by atoms with Gasteiger partial charge in [0, 0.05) is 20.8 Å². The molecule has 0 aromatic rings. The largest absolute Gasteiger partial charge is 0.467 e. The van der Waals surface area contributed by atoms with Gasteiger partial charge in [0.2, 0.25) is 18.3 Å². The Hall–Kier alpha value is -1.82. The van der Waals surface area contributed by atoms with E-state index in [1.807, 2.05) is 0 Å². The molecule has 1 N–H and O–H groups in total. The third-order valence-corrected chi connectivity index (χ3v) is 3.84. The van der Waals surface area contributed by atoms with Crippen molar-refractivity contribution in [2.75, 3.05) is 7.11 Å². The first-order chi connectivity index (χ1) is 13.3. The van der Waals surface area contributed by atoms with E-state index in [0.717, 1.165) is 27.9 Å². The maximum Gasteiger partial charge on any atom is 0.339 e.